The lowest BCUT2D eigenvalue weighted by atomic mass is 10.1. The second-order valence-corrected chi connectivity index (χ2v) is 2.97. The van der Waals surface area contributed by atoms with E-state index in [4.69, 9.17) is 15.9 Å². The topological polar surface area (TPSA) is 30.5 Å². The molecule has 0 aliphatic carbocycles. The Bertz CT molecular complexity index is 368. The molecule has 0 fully saturated rings. The number of rotatable bonds is 4. The summed E-state index contributed by atoms with van der Waals surface area (Å²) in [5.41, 5.74) is 0.904. The van der Waals surface area contributed by atoms with Gasteiger partial charge >= 0.3 is 0 Å². The van der Waals surface area contributed by atoms with Gasteiger partial charge in [-0.2, -0.15) is 0 Å². The molecule has 15 heavy (non-hydrogen) atoms. The van der Waals surface area contributed by atoms with Crippen molar-refractivity contribution < 1.29 is 9.47 Å². The van der Waals surface area contributed by atoms with Crippen LogP contribution in [0.25, 0.3) is 0 Å². The Morgan fingerprint density at radius 2 is 2.07 bits per heavy atom. The maximum absolute atomic E-state index is 5.42. The third-order valence-electron chi connectivity index (χ3n) is 2.20. The highest BCUT2D eigenvalue weighted by atomic mass is 16.5. The quantitative estimate of drug-likeness (QED) is 0.757. The molecule has 3 heteroatoms. The van der Waals surface area contributed by atoms with Gasteiger partial charge in [0, 0.05) is 5.56 Å². The molecule has 0 aliphatic rings. The minimum Gasteiger partial charge on any atom is -0.493 e. The Balaban J connectivity index is 3.23. The van der Waals surface area contributed by atoms with Gasteiger partial charge in [0.15, 0.2) is 11.5 Å². The zero-order valence-corrected chi connectivity index (χ0v) is 9.20. The molecule has 80 valence electrons. The summed E-state index contributed by atoms with van der Waals surface area (Å²) in [5, 5.41) is 3.02. The van der Waals surface area contributed by atoms with Gasteiger partial charge in [0.05, 0.1) is 20.3 Å². The van der Waals surface area contributed by atoms with E-state index in [9.17, 15) is 0 Å². The van der Waals surface area contributed by atoms with Crippen LogP contribution in [0.5, 0.6) is 11.5 Å². The Hall–Kier alpha value is -1.66. The van der Waals surface area contributed by atoms with Crippen LogP contribution in [-0.2, 0) is 0 Å². The molecule has 0 heterocycles. The molecule has 0 saturated carbocycles. The van der Waals surface area contributed by atoms with E-state index in [1.165, 1.54) is 0 Å². The van der Waals surface area contributed by atoms with E-state index < -0.39 is 0 Å². The van der Waals surface area contributed by atoms with Gasteiger partial charge < -0.3 is 14.8 Å². The van der Waals surface area contributed by atoms with Gasteiger partial charge in [-0.25, -0.2) is 0 Å². The maximum Gasteiger partial charge on any atom is 0.166 e. The van der Waals surface area contributed by atoms with E-state index in [0.29, 0.717) is 11.5 Å². The van der Waals surface area contributed by atoms with Crippen molar-refractivity contribution in [2.45, 2.75) is 6.04 Å². The van der Waals surface area contributed by atoms with Crippen LogP contribution < -0.4 is 14.8 Å². The predicted molar refractivity (Wildman–Crippen MR) is 60.2 cm³/mol. The zero-order chi connectivity index (χ0) is 11.3. The van der Waals surface area contributed by atoms with Gasteiger partial charge in [0.2, 0.25) is 0 Å². The van der Waals surface area contributed by atoms with Crippen molar-refractivity contribution in [3.05, 3.63) is 23.8 Å². The number of methoxy groups -OCH3 is 2. The Morgan fingerprint density at radius 3 is 2.53 bits per heavy atom. The number of terminal acetylenes is 1. The summed E-state index contributed by atoms with van der Waals surface area (Å²) in [4.78, 5) is 0. The summed E-state index contributed by atoms with van der Waals surface area (Å²) in [6, 6.07) is 5.47. The molecule has 1 N–H and O–H groups in total. The van der Waals surface area contributed by atoms with Gasteiger partial charge in [0.25, 0.3) is 0 Å². The molecule has 1 unspecified atom stereocenters. The zero-order valence-electron chi connectivity index (χ0n) is 9.20. The van der Waals surface area contributed by atoms with Crippen molar-refractivity contribution in [2.75, 3.05) is 21.3 Å². The molecule has 1 rings (SSSR count). The average Bonchev–Trinajstić information content (AvgIpc) is 2.30. The SMILES string of the molecule is C#CC(NC)c1cccc(OC)c1OC. The number of para-hydroxylation sites is 1. The van der Waals surface area contributed by atoms with Gasteiger partial charge in [-0.1, -0.05) is 18.1 Å². The van der Waals surface area contributed by atoms with E-state index in [1.807, 2.05) is 25.2 Å². The second kappa shape index (κ2) is 5.28. The molecule has 3 nitrogen and oxygen atoms in total. The highest BCUT2D eigenvalue weighted by Gasteiger charge is 2.15. The first-order chi connectivity index (χ1) is 7.28. The first-order valence-corrected chi connectivity index (χ1v) is 4.62. The number of benzene rings is 1. The minimum absolute atomic E-state index is 0.171. The van der Waals surface area contributed by atoms with E-state index in [0.717, 1.165) is 5.56 Å². The summed E-state index contributed by atoms with van der Waals surface area (Å²) in [5.74, 6) is 4.01. The van der Waals surface area contributed by atoms with E-state index >= 15 is 0 Å². The van der Waals surface area contributed by atoms with Crippen LogP contribution in [-0.4, -0.2) is 21.3 Å². The fourth-order valence-corrected chi connectivity index (χ4v) is 1.47. The lowest BCUT2D eigenvalue weighted by molar-refractivity contribution is 0.350. The largest absolute Gasteiger partial charge is 0.493 e. The van der Waals surface area contributed by atoms with Crippen molar-refractivity contribution in [3.8, 4) is 23.8 Å². The molecule has 0 spiro atoms. The average molecular weight is 205 g/mol. The minimum atomic E-state index is -0.171. The summed E-state index contributed by atoms with van der Waals surface area (Å²) in [6.45, 7) is 0. The molecule has 1 aromatic carbocycles. The van der Waals surface area contributed by atoms with Crippen molar-refractivity contribution >= 4 is 0 Å². The Morgan fingerprint density at radius 1 is 1.33 bits per heavy atom. The Labute approximate surface area is 90.4 Å². The summed E-state index contributed by atoms with van der Waals surface area (Å²) >= 11 is 0. The molecular weight excluding hydrogens is 190 g/mol. The highest BCUT2D eigenvalue weighted by molar-refractivity contribution is 5.49. The standard InChI is InChI=1S/C12H15NO2/c1-5-10(13-2)9-7-6-8-11(14-3)12(9)15-4/h1,6-8,10,13H,2-4H3. The first kappa shape index (κ1) is 11.4. The van der Waals surface area contributed by atoms with E-state index in [-0.39, 0.29) is 6.04 Å². The number of hydrogen-bond donors (Lipinski definition) is 1. The molecule has 0 saturated heterocycles. The summed E-state index contributed by atoms with van der Waals surface area (Å²) in [6.07, 6.45) is 5.42. The smallest absolute Gasteiger partial charge is 0.166 e. The number of nitrogens with one attached hydrogen (secondary N) is 1. The monoisotopic (exact) mass is 205 g/mol. The molecule has 0 bridgehead atoms. The van der Waals surface area contributed by atoms with E-state index in [2.05, 4.69) is 11.2 Å². The van der Waals surface area contributed by atoms with Gasteiger partial charge in [-0.3, -0.25) is 0 Å². The molecule has 0 aliphatic heterocycles. The maximum atomic E-state index is 5.42. The first-order valence-electron chi connectivity index (χ1n) is 4.62. The van der Waals surface area contributed by atoms with Gasteiger partial charge in [-0.05, 0) is 13.1 Å². The van der Waals surface area contributed by atoms with Crippen LogP contribution in [0.4, 0.5) is 0 Å². The van der Waals surface area contributed by atoms with E-state index in [1.54, 1.807) is 14.2 Å². The van der Waals surface area contributed by atoms with Crippen LogP contribution in [0, 0.1) is 12.3 Å². The lowest BCUT2D eigenvalue weighted by Crippen LogP contribution is -2.15. The molecule has 1 atom stereocenters. The molecule has 0 amide bonds. The third-order valence-corrected chi connectivity index (χ3v) is 2.20. The predicted octanol–water partition coefficient (Wildman–Crippen LogP) is 1.60. The second-order valence-electron chi connectivity index (χ2n) is 2.97. The lowest BCUT2D eigenvalue weighted by Gasteiger charge is -2.16. The highest BCUT2D eigenvalue weighted by Crippen LogP contribution is 2.34. The fourth-order valence-electron chi connectivity index (χ4n) is 1.47. The normalized spacial score (nSPS) is 11.6. The van der Waals surface area contributed by atoms with Crippen molar-refractivity contribution in [3.63, 3.8) is 0 Å². The fraction of sp³-hybridized carbons (Fsp3) is 0.333. The summed E-state index contributed by atoms with van der Waals surface area (Å²) in [7, 11) is 5.01. The van der Waals surface area contributed by atoms with Crippen LogP contribution in [0.15, 0.2) is 18.2 Å². The molecule has 0 aromatic heterocycles. The third kappa shape index (κ3) is 2.23. The van der Waals surface area contributed by atoms with Crippen LogP contribution in [0.2, 0.25) is 0 Å². The van der Waals surface area contributed by atoms with Gasteiger partial charge in [0.1, 0.15) is 0 Å². The van der Waals surface area contributed by atoms with Crippen molar-refractivity contribution in [1.82, 2.24) is 5.32 Å². The van der Waals surface area contributed by atoms with Crippen molar-refractivity contribution in [2.24, 2.45) is 0 Å². The number of hydrogen-bond acceptors (Lipinski definition) is 3. The van der Waals surface area contributed by atoms with Crippen molar-refractivity contribution in [1.29, 1.82) is 0 Å². The van der Waals surface area contributed by atoms with Crippen LogP contribution >= 0.6 is 0 Å². The molecular formula is C12H15NO2. The van der Waals surface area contributed by atoms with Crippen LogP contribution in [0.3, 0.4) is 0 Å². The number of ether oxygens (including phenoxy) is 2. The van der Waals surface area contributed by atoms with Gasteiger partial charge in [-0.15, -0.1) is 6.42 Å². The Kier molecular flexibility index (Phi) is 4.02. The van der Waals surface area contributed by atoms with Crippen LogP contribution in [0.1, 0.15) is 11.6 Å². The summed E-state index contributed by atoms with van der Waals surface area (Å²) < 4.78 is 10.5. The molecule has 0 radical (unpaired) electrons. The molecule has 1 aromatic rings.